The topological polar surface area (TPSA) is 92.5 Å². The SMILES string of the molecule is CCC(C)(CCO)Nc1ccc(C=O)cc1[N+](=O)[O-]. The number of nitro groups is 1. The van der Waals surface area contributed by atoms with Crippen molar-refractivity contribution < 1.29 is 14.8 Å². The molecule has 0 radical (unpaired) electrons. The molecule has 19 heavy (non-hydrogen) atoms. The van der Waals surface area contributed by atoms with Crippen molar-refractivity contribution >= 4 is 17.7 Å². The van der Waals surface area contributed by atoms with Gasteiger partial charge in [-0.15, -0.1) is 0 Å². The third kappa shape index (κ3) is 3.75. The molecule has 1 rings (SSSR count). The summed E-state index contributed by atoms with van der Waals surface area (Å²) in [5.41, 5.74) is 0.0515. The van der Waals surface area contributed by atoms with Crippen molar-refractivity contribution in [2.75, 3.05) is 11.9 Å². The molecule has 0 aliphatic carbocycles. The minimum atomic E-state index is -0.523. The van der Waals surface area contributed by atoms with Crippen LogP contribution < -0.4 is 5.32 Å². The average molecular weight is 266 g/mol. The number of hydrogen-bond donors (Lipinski definition) is 2. The number of nitrogens with one attached hydrogen (secondary N) is 1. The van der Waals surface area contributed by atoms with Crippen LogP contribution >= 0.6 is 0 Å². The summed E-state index contributed by atoms with van der Waals surface area (Å²) in [4.78, 5) is 21.2. The van der Waals surface area contributed by atoms with Gasteiger partial charge in [0, 0.05) is 23.8 Å². The van der Waals surface area contributed by atoms with Crippen molar-refractivity contribution in [3.8, 4) is 0 Å². The summed E-state index contributed by atoms with van der Waals surface area (Å²) in [5, 5.41) is 23.2. The van der Waals surface area contributed by atoms with Gasteiger partial charge in [-0.25, -0.2) is 0 Å². The average Bonchev–Trinajstić information content (AvgIpc) is 2.39. The van der Waals surface area contributed by atoms with Gasteiger partial charge in [-0.1, -0.05) is 6.92 Å². The molecule has 6 nitrogen and oxygen atoms in total. The first-order valence-electron chi connectivity index (χ1n) is 6.08. The van der Waals surface area contributed by atoms with E-state index in [2.05, 4.69) is 5.32 Å². The zero-order chi connectivity index (χ0) is 14.5. The van der Waals surface area contributed by atoms with Crippen molar-refractivity contribution in [1.29, 1.82) is 0 Å². The number of hydrogen-bond acceptors (Lipinski definition) is 5. The first kappa shape index (κ1) is 15.1. The molecular weight excluding hydrogens is 248 g/mol. The molecule has 0 aromatic heterocycles. The first-order valence-corrected chi connectivity index (χ1v) is 6.08. The number of anilines is 1. The van der Waals surface area contributed by atoms with Crippen LogP contribution in [0.3, 0.4) is 0 Å². The summed E-state index contributed by atoms with van der Waals surface area (Å²) in [6.07, 6.45) is 1.76. The van der Waals surface area contributed by atoms with E-state index < -0.39 is 10.5 Å². The van der Waals surface area contributed by atoms with E-state index >= 15 is 0 Å². The lowest BCUT2D eigenvalue weighted by molar-refractivity contribution is -0.384. The molecule has 6 heteroatoms. The molecule has 1 atom stereocenters. The van der Waals surface area contributed by atoms with Gasteiger partial charge in [-0.2, -0.15) is 0 Å². The Bertz CT molecular complexity index is 476. The fourth-order valence-corrected chi connectivity index (χ4v) is 1.78. The summed E-state index contributed by atoms with van der Waals surface area (Å²) in [7, 11) is 0. The molecule has 0 amide bonds. The zero-order valence-electron chi connectivity index (χ0n) is 11.0. The molecule has 0 saturated heterocycles. The molecule has 0 saturated carbocycles. The largest absolute Gasteiger partial charge is 0.396 e. The van der Waals surface area contributed by atoms with Crippen molar-refractivity contribution in [1.82, 2.24) is 0 Å². The maximum absolute atomic E-state index is 11.0. The third-order valence-electron chi connectivity index (χ3n) is 3.23. The van der Waals surface area contributed by atoms with Crippen LogP contribution in [0.1, 0.15) is 37.0 Å². The van der Waals surface area contributed by atoms with E-state index in [-0.39, 0.29) is 17.9 Å². The van der Waals surface area contributed by atoms with E-state index in [4.69, 9.17) is 5.11 Å². The second kappa shape index (κ2) is 6.29. The molecule has 1 aromatic rings. The van der Waals surface area contributed by atoms with Crippen LogP contribution in [-0.4, -0.2) is 28.5 Å². The summed E-state index contributed by atoms with van der Waals surface area (Å²) < 4.78 is 0. The highest BCUT2D eigenvalue weighted by atomic mass is 16.6. The molecular formula is C13H18N2O4. The molecule has 2 N–H and O–H groups in total. The van der Waals surface area contributed by atoms with Crippen LogP contribution in [0.25, 0.3) is 0 Å². The van der Waals surface area contributed by atoms with Crippen molar-refractivity contribution in [2.45, 2.75) is 32.2 Å². The predicted octanol–water partition coefficient (Wildman–Crippen LogP) is 2.37. The van der Waals surface area contributed by atoms with Gasteiger partial charge < -0.3 is 10.4 Å². The third-order valence-corrected chi connectivity index (χ3v) is 3.23. The van der Waals surface area contributed by atoms with Gasteiger partial charge in [0.1, 0.15) is 12.0 Å². The highest BCUT2D eigenvalue weighted by molar-refractivity contribution is 5.79. The molecule has 0 spiro atoms. The maximum atomic E-state index is 11.0. The molecule has 0 heterocycles. The van der Waals surface area contributed by atoms with Gasteiger partial charge in [-0.3, -0.25) is 14.9 Å². The lowest BCUT2D eigenvalue weighted by Crippen LogP contribution is -2.35. The van der Waals surface area contributed by atoms with Gasteiger partial charge in [-0.05, 0) is 31.9 Å². The number of aliphatic hydroxyl groups excluding tert-OH is 1. The molecule has 104 valence electrons. The summed E-state index contributed by atoms with van der Waals surface area (Å²) >= 11 is 0. The predicted molar refractivity (Wildman–Crippen MR) is 72.5 cm³/mol. The van der Waals surface area contributed by atoms with Crippen LogP contribution in [0.2, 0.25) is 0 Å². The summed E-state index contributed by atoms with van der Waals surface area (Å²) in [5.74, 6) is 0. The Hall–Kier alpha value is -1.95. The number of benzene rings is 1. The Kier molecular flexibility index (Phi) is 5.00. The Morgan fingerprint density at radius 1 is 1.53 bits per heavy atom. The number of aliphatic hydroxyl groups is 1. The number of nitro benzene ring substituents is 1. The summed E-state index contributed by atoms with van der Waals surface area (Å²) in [6.45, 7) is 3.83. The quantitative estimate of drug-likeness (QED) is 0.449. The van der Waals surface area contributed by atoms with E-state index in [9.17, 15) is 14.9 Å². The molecule has 0 aliphatic heterocycles. The van der Waals surface area contributed by atoms with E-state index in [1.807, 2.05) is 13.8 Å². The van der Waals surface area contributed by atoms with E-state index in [0.29, 0.717) is 24.8 Å². The van der Waals surface area contributed by atoms with Crippen LogP contribution in [0.15, 0.2) is 18.2 Å². The lowest BCUT2D eigenvalue weighted by Gasteiger charge is -2.30. The van der Waals surface area contributed by atoms with E-state index in [1.54, 1.807) is 0 Å². The fourth-order valence-electron chi connectivity index (χ4n) is 1.78. The van der Waals surface area contributed by atoms with Gasteiger partial charge in [0.2, 0.25) is 0 Å². The zero-order valence-corrected chi connectivity index (χ0v) is 11.0. The number of aldehydes is 1. The van der Waals surface area contributed by atoms with Crippen LogP contribution in [0, 0.1) is 10.1 Å². The molecule has 0 fully saturated rings. The van der Waals surface area contributed by atoms with Crippen LogP contribution in [0.4, 0.5) is 11.4 Å². The Balaban J connectivity index is 3.12. The smallest absolute Gasteiger partial charge is 0.293 e. The lowest BCUT2D eigenvalue weighted by atomic mass is 9.94. The van der Waals surface area contributed by atoms with Crippen molar-refractivity contribution in [3.63, 3.8) is 0 Å². The Morgan fingerprint density at radius 3 is 2.68 bits per heavy atom. The van der Waals surface area contributed by atoms with Crippen molar-refractivity contribution in [3.05, 3.63) is 33.9 Å². The normalized spacial score (nSPS) is 13.6. The second-order valence-corrected chi connectivity index (χ2v) is 4.66. The van der Waals surface area contributed by atoms with Crippen LogP contribution in [-0.2, 0) is 0 Å². The molecule has 1 unspecified atom stereocenters. The van der Waals surface area contributed by atoms with Gasteiger partial charge in [0.15, 0.2) is 0 Å². The monoisotopic (exact) mass is 266 g/mol. The van der Waals surface area contributed by atoms with Crippen LogP contribution in [0.5, 0.6) is 0 Å². The number of rotatable bonds is 7. The number of nitrogens with zero attached hydrogens (tertiary/aromatic N) is 1. The first-order chi connectivity index (χ1) is 8.95. The van der Waals surface area contributed by atoms with E-state index in [0.717, 1.165) is 0 Å². The van der Waals surface area contributed by atoms with Gasteiger partial charge >= 0.3 is 0 Å². The Morgan fingerprint density at radius 2 is 2.21 bits per heavy atom. The molecule has 1 aromatic carbocycles. The molecule has 0 bridgehead atoms. The maximum Gasteiger partial charge on any atom is 0.293 e. The minimum absolute atomic E-state index is 0.00242. The number of carbonyl (C=O) groups is 1. The second-order valence-electron chi connectivity index (χ2n) is 4.66. The standard InChI is InChI=1S/C13H18N2O4/c1-3-13(2,6-7-16)14-11-5-4-10(9-17)8-12(11)15(18)19/h4-5,8-9,14,16H,3,6-7H2,1-2H3. The fraction of sp³-hybridized carbons (Fsp3) is 0.462. The number of carbonyl (C=O) groups excluding carboxylic acids is 1. The summed E-state index contributed by atoms with van der Waals surface area (Å²) in [6, 6.07) is 4.29. The van der Waals surface area contributed by atoms with Gasteiger partial charge in [0.25, 0.3) is 5.69 Å². The van der Waals surface area contributed by atoms with E-state index in [1.165, 1.54) is 18.2 Å². The Labute approximate surface area is 111 Å². The molecule has 0 aliphatic rings. The highest BCUT2D eigenvalue weighted by Crippen LogP contribution is 2.30. The van der Waals surface area contributed by atoms with Gasteiger partial charge in [0.05, 0.1) is 4.92 Å². The minimum Gasteiger partial charge on any atom is -0.396 e. The van der Waals surface area contributed by atoms with Crippen molar-refractivity contribution in [2.24, 2.45) is 0 Å². The highest BCUT2D eigenvalue weighted by Gasteiger charge is 2.25.